The molecule has 1 aliphatic rings. The topological polar surface area (TPSA) is 74.7 Å². The molecule has 1 atom stereocenters. The van der Waals surface area contributed by atoms with Gasteiger partial charge in [0.2, 0.25) is 11.8 Å². The van der Waals surface area contributed by atoms with Crippen molar-refractivity contribution in [3.63, 3.8) is 0 Å². The lowest BCUT2D eigenvalue weighted by Crippen LogP contribution is -2.33. The van der Waals surface area contributed by atoms with E-state index in [1.54, 1.807) is 23.2 Å². The van der Waals surface area contributed by atoms with E-state index in [1.807, 2.05) is 44.2 Å². The molecule has 168 valence electrons. The molecule has 6 nitrogen and oxygen atoms in total. The second kappa shape index (κ2) is 9.95. The van der Waals surface area contributed by atoms with Gasteiger partial charge in [0, 0.05) is 12.6 Å². The molecule has 0 aliphatic carbocycles. The van der Waals surface area contributed by atoms with Crippen molar-refractivity contribution in [2.45, 2.75) is 32.1 Å². The summed E-state index contributed by atoms with van der Waals surface area (Å²) in [5, 5.41) is 2.40. The molecule has 1 unspecified atom stereocenters. The van der Waals surface area contributed by atoms with Crippen molar-refractivity contribution in [1.82, 2.24) is 9.88 Å². The largest absolute Gasteiger partial charge is 0.324 e. The minimum absolute atomic E-state index is 0.0902. The van der Waals surface area contributed by atoms with Crippen molar-refractivity contribution < 1.29 is 14.0 Å². The summed E-state index contributed by atoms with van der Waals surface area (Å²) < 4.78 is 13.9. The lowest BCUT2D eigenvalue weighted by molar-refractivity contribution is -0.128. The van der Waals surface area contributed by atoms with E-state index in [9.17, 15) is 14.0 Å². The maximum absolute atomic E-state index is 13.9. The SMILES string of the molecule is Cc1cc(C)cc(N=C2SC(CC(=O)Nc3ccccc3F)C(=O)N2Cc2ccccn2)c1. The van der Waals surface area contributed by atoms with Crippen LogP contribution in [0.5, 0.6) is 0 Å². The number of anilines is 1. The molecule has 2 heterocycles. The van der Waals surface area contributed by atoms with E-state index in [0.29, 0.717) is 5.17 Å². The summed E-state index contributed by atoms with van der Waals surface area (Å²) in [6.07, 6.45) is 1.57. The molecule has 1 fully saturated rings. The van der Waals surface area contributed by atoms with Crippen LogP contribution in [0.1, 0.15) is 23.2 Å². The first-order valence-corrected chi connectivity index (χ1v) is 11.4. The number of amidine groups is 1. The Morgan fingerprint density at radius 2 is 1.85 bits per heavy atom. The molecule has 1 N–H and O–H groups in total. The Kier molecular flexibility index (Phi) is 6.84. The van der Waals surface area contributed by atoms with Gasteiger partial charge in [-0.3, -0.25) is 19.5 Å². The number of thioether (sulfide) groups is 1. The van der Waals surface area contributed by atoms with Crippen molar-refractivity contribution in [1.29, 1.82) is 0 Å². The number of carbonyl (C=O) groups is 2. The Hall–Kier alpha value is -3.52. The van der Waals surface area contributed by atoms with Gasteiger partial charge in [-0.15, -0.1) is 0 Å². The normalized spacial score (nSPS) is 16.9. The summed E-state index contributed by atoms with van der Waals surface area (Å²) in [7, 11) is 0. The number of halogens is 1. The summed E-state index contributed by atoms with van der Waals surface area (Å²) in [5.41, 5.74) is 3.69. The fourth-order valence-corrected chi connectivity index (χ4v) is 4.74. The smallest absolute Gasteiger partial charge is 0.243 e. The van der Waals surface area contributed by atoms with Crippen molar-refractivity contribution in [2.24, 2.45) is 4.99 Å². The number of nitrogens with one attached hydrogen (secondary N) is 1. The summed E-state index contributed by atoms with van der Waals surface area (Å²) in [5.74, 6) is -1.18. The Balaban J connectivity index is 1.57. The van der Waals surface area contributed by atoms with Gasteiger partial charge in [0.25, 0.3) is 0 Å². The minimum atomic E-state index is -0.662. The maximum atomic E-state index is 13.9. The predicted octanol–water partition coefficient (Wildman–Crippen LogP) is 5.00. The number of pyridine rings is 1. The predicted molar refractivity (Wildman–Crippen MR) is 129 cm³/mol. The van der Waals surface area contributed by atoms with Crippen molar-refractivity contribution in [3.8, 4) is 0 Å². The van der Waals surface area contributed by atoms with Crippen LogP contribution in [0.15, 0.2) is 71.9 Å². The van der Waals surface area contributed by atoms with Crippen LogP contribution in [0.4, 0.5) is 15.8 Å². The summed E-state index contributed by atoms with van der Waals surface area (Å²) in [4.78, 5) is 36.4. The quantitative estimate of drug-likeness (QED) is 0.560. The van der Waals surface area contributed by atoms with Gasteiger partial charge in [0.1, 0.15) is 11.1 Å². The third kappa shape index (κ3) is 5.64. The number of hydrogen-bond acceptors (Lipinski definition) is 5. The third-order valence-electron chi connectivity index (χ3n) is 5.02. The molecule has 4 rings (SSSR count). The third-order valence-corrected chi connectivity index (χ3v) is 6.19. The van der Waals surface area contributed by atoms with Crippen LogP contribution in [0.25, 0.3) is 0 Å². The minimum Gasteiger partial charge on any atom is -0.324 e. The van der Waals surface area contributed by atoms with E-state index in [0.717, 1.165) is 22.5 Å². The molecule has 1 saturated heterocycles. The molecule has 33 heavy (non-hydrogen) atoms. The van der Waals surface area contributed by atoms with Crippen molar-refractivity contribution in [2.75, 3.05) is 5.32 Å². The number of aryl methyl sites for hydroxylation is 2. The zero-order valence-corrected chi connectivity index (χ0v) is 19.1. The molecule has 0 bridgehead atoms. The zero-order valence-electron chi connectivity index (χ0n) is 18.3. The number of benzene rings is 2. The monoisotopic (exact) mass is 462 g/mol. The first-order chi connectivity index (χ1) is 15.9. The summed E-state index contributed by atoms with van der Waals surface area (Å²) in [6.45, 7) is 4.23. The van der Waals surface area contributed by atoms with Crippen LogP contribution in [-0.4, -0.2) is 32.1 Å². The van der Waals surface area contributed by atoms with Gasteiger partial charge < -0.3 is 5.32 Å². The second-order valence-electron chi connectivity index (χ2n) is 7.82. The Bertz CT molecular complexity index is 1200. The first kappa shape index (κ1) is 22.7. The van der Waals surface area contributed by atoms with E-state index in [4.69, 9.17) is 4.99 Å². The van der Waals surface area contributed by atoms with Gasteiger partial charge in [0.05, 0.1) is 23.6 Å². The number of aromatic nitrogens is 1. The summed E-state index contributed by atoms with van der Waals surface area (Å²) >= 11 is 1.24. The van der Waals surface area contributed by atoms with Crippen LogP contribution in [0.3, 0.4) is 0 Å². The molecular weight excluding hydrogens is 439 g/mol. The van der Waals surface area contributed by atoms with Gasteiger partial charge in [-0.1, -0.05) is 36.0 Å². The van der Waals surface area contributed by atoms with Gasteiger partial charge in [-0.25, -0.2) is 9.38 Å². The molecule has 0 spiro atoms. The van der Waals surface area contributed by atoms with E-state index in [-0.39, 0.29) is 24.6 Å². The standard InChI is InChI=1S/C25H23FN4O2S/c1-16-11-17(2)13-19(12-16)28-25-30(15-18-7-5-6-10-27-18)24(32)22(33-25)14-23(31)29-21-9-4-3-8-20(21)26/h3-13,22H,14-15H2,1-2H3,(H,29,31). The van der Waals surface area contributed by atoms with Crippen molar-refractivity contribution >= 4 is 40.1 Å². The maximum Gasteiger partial charge on any atom is 0.243 e. The highest BCUT2D eigenvalue weighted by Gasteiger charge is 2.39. The van der Waals surface area contributed by atoms with Gasteiger partial charge in [0.15, 0.2) is 5.17 Å². The van der Waals surface area contributed by atoms with Crippen LogP contribution in [0, 0.1) is 19.7 Å². The number of amides is 2. The number of nitrogens with zero attached hydrogens (tertiary/aromatic N) is 3. The molecule has 8 heteroatoms. The molecule has 0 saturated carbocycles. The molecule has 1 aliphatic heterocycles. The number of hydrogen-bond donors (Lipinski definition) is 1. The first-order valence-electron chi connectivity index (χ1n) is 10.5. The average Bonchev–Trinajstić information content (AvgIpc) is 3.04. The lowest BCUT2D eigenvalue weighted by atomic mass is 10.1. The Morgan fingerprint density at radius 3 is 2.55 bits per heavy atom. The van der Waals surface area contributed by atoms with Gasteiger partial charge in [-0.2, -0.15) is 0 Å². The fourth-order valence-electron chi connectivity index (χ4n) is 3.58. The number of carbonyl (C=O) groups excluding carboxylic acids is 2. The lowest BCUT2D eigenvalue weighted by Gasteiger charge is -2.16. The van der Waals surface area contributed by atoms with E-state index in [2.05, 4.69) is 16.4 Å². The molecule has 2 aromatic carbocycles. The highest BCUT2D eigenvalue weighted by atomic mass is 32.2. The van der Waals surface area contributed by atoms with Crippen LogP contribution in [-0.2, 0) is 16.1 Å². The summed E-state index contributed by atoms with van der Waals surface area (Å²) in [6, 6.07) is 17.4. The molecule has 1 aromatic heterocycles. The molecule has 2 amide bonds. The van der Waals surface area contributed by atoms with Crippen LogP contribution < -0.4 is 5.32 Å². The second-order valence-corrected chi connectivity index (χ2v) is 8.99. The van der Waals surface area contributed by atoms with Gasteiger partial charge >= 0.3 is 0 Å². The van der Waals surface area contributed by atoms with E-state index >= 15 is 0 Å². The van der Waals surface area contributed by atoms with Crippen LogP contribution >= 0.6 is 11.8 Å². The van der Waals surface area contributed by atoms with E-state index in [1.165, 1.54) is 23.9 Å². The number of rotatable bonds is 6. The Morgan fingerprint density at radius 1 is 1.12 bits per heavy atom. The molecular formula is C25H23FN4O2S. The number of para-hydroxylation sites is 1. The molecule has 3 aromatic rings. The highest BCUT2D eigenvalue weighted by molar-refractivity contribution is 8.15. The highest BCUT2D eigenvalue weighted by Crippen LogP contribution is 2.33. The Labute approximate surface area is 195 Å². The fraction of sp³-hybridized carbons (Fsp3) is 0.200. The average molecular weight is 463 g/mol. The molecule has 0 radical (unpaired) electrons. The zero-order chi connectivity index (χ0) is 23.4. The number of aliphatic imine (C=N–C) groups is 1. The van der Waals surface area contributed by atoms with Crippen molar-refractivity contribution in [3.05, 3.63) is 89.5 Å². The van der Waals surface area contributed by atoms with E-state index < -0.39 is 17.0 Å². The van der Waals surface area contributed by atoms with Crippen LogP contribution in [0.2, 0.25) is 0 Å². The van der Waals surface area contributed by atoms with Gasteiger partial charge in [-0.05, 0) is 61.4 Å².